The molecular weight excluding hydrogens is 819 g/mol. The number of fused-ring (bicyclic) bond motifs is 10. The molecule has 0 radical (unpaired) electrons. The Kier molecular flexibility index (Phi) is 8.18. The molecule has 0 aliphatic heterocycles. The quantitative estimate of drug-likeness (QED) is 0.167. The summed E-state index contributed by atoms with van der Waals surface area (Å²) in [6, 6.07) is 79.1. The molecule has 14 rings (SSSR count). The lowest BCUT2D eigenvalue weighted by Crippen LogP contribution is -2.02. The maximum Gasteiger partial charge on any atom is 0.164 e. The lowest BCUT2D eigenvalue weighted by Gasteiger charge is -2.13. The molecule has 4 heterocycles. The Morgan fingerprint density at radius 2 is 0.896 bits per heavy atom. The number of furan rings is 1. The normalized spacial score (nSPS) is 11.9. The van der Waals surface area contributed by atoms with Gasteiger partial charge in [0.2, 0.25) is 0 Å². The highest BCUT2D eigenvalue weighted by Gasteiger charge is 2.24. The summed E-state index contributed by atoms with van der Waals surface area (Å²) < 4.78 is 11.7. The van der Waals surface area contributed by atoms with E-state index in [-0.39, 0.29) is 0 Å². The van der Waals surface area contributed by atoms with E-state index < -0.39 is 0 Å². The van der Waals surface area contributed by atoms with Crippen molar-refractivity contribution in [3.05, 3.63) is 224 Å². The Morgan fingerprint density at radius 1 is 0.328 bits per heavy atom. The van der Waals surface area contributed by atoms with Crippen LogP contribution in [0.2, 0.25) is 0 Å². The summed E-state index contributed by atoms with van der Waals surface area (Å²) in [7, 11) is 0. The number of para-hydroxylation sites is 4. The minimum absolute atomic E-state index is 0.560. The van der Waals surface area contributed by atoms with Crippen molar-refractivity contribution in [2.75, 3.05) is 0 Å². The summed E-state index contributed by atoms with van der Waals surface area (Å²) in [5.74, 6) is 1.72. The van der Waals surface area contributed by atoms with E-state index in [4.69, 9.17) is 19.4 Å². The molecule has 0 aliphatic rings. The SMILES string of the molecule is c1ccc(-c2cccc(-c3nc(-c4ccc5c6ccccc6n(-c6ccccc6)c5c4)nc(-c4ccc(-n5c6ccccc6c6cc7ccccc7cc65)c5oc6ccccc6c45)n3)c2)cc1. The number of aromatic nitrogens is 5. The van der Waals surface area contributed by atoms with Crippen LogP contribution in [0.25, 0.3) is 133 Å². The van der Waals surface area contributed by atoms with Gasteiger partial charge in [-0.2, -0.15) is 0 Å². The average Bonchev–Trinajstić information content (AvgIpc) is 4.06. The van der Waals surface area contributed by atoms with E-state index in [9.17, 15) is 0 Å². The van der Waals surface area contributed by atoms with Crippen LogP contribution in [0, 0.1) is 0 Å². The van der Waals surface area contributed by atoms with Crippen molar-refractivity contribution in [1.29, 1.82) is 0 Å². The summed E-state index contributed by atoms with van der Waals surface area (Å²) in [6.07, 6.45) is 0. The highest BCUT2D eigenvalue weighted by molar-refractivity contribution is 6.18. The molecule has 0 atom stereocenters. The maximum atomic E-state index is 6.99. The van der Waals surface area contributed by atoms with Crippen LogP contribution >= 0.6 is 0 Å². The van der Waals surface area contributed by atoms with Crippen LogP contribution in [0.4, 0.5) is 0 Å². The first kappa shape index (κ1) is 37.3. The first-order chi connectivity index (χ1) is 33.2. The highest BCUT2D eigenvalue weighted by Crippen LogP contribution is 2.43. The zero-order valence-electron chi connectivity index (χ0n) is 36.0. The molecule has 67 heavy (non-hydrogen) atoms. The molecule has 0 spiro atoms. The Hall–Kier alpha value is -9.13. The topological polar surface area (TPSA) is 61.7 Å². The molecule has 312 valence electrons. The Labute approximate surface area is 384 Å². The average molecular weight is 856 g/mol. The standard InChI is InChI=1S/C61H37N5O/c1-3-16-38(17-4-1)39-20-15-21-42(34-39)59-62-60(43-30-31-47-45-24-9-12-27-51(45)65(54(47)37-43)44-22-5-2-6-23-44)64-61(63-59)49-32-33-53(58-57(49)48-26-11-14-29-56(48)67-58)66-52-28-13-10-25-46(52)50-35-40-18-7-8-19-41(40)36-55(50)66/h1-37H. The second-order valence-electron chi connectivity index (χ2n) is 17.2. The molecule has 0 fully saturated rings. The van der Waals surface area contributed by atoms with Gasteiger partial charge in [-0.25, -0.2) is 15.0 Å². The largest absolute Gasteiger partial charge is 0.454 e. The van der Waals surface area contributed by atoms with Crippen LogP contribution in [-0.2, 0) is 0 Å². The number of hydrogen-bond acceptors (Lipinski definition) is 4. The summed E-state index contributed by atoms with van der Waals surface area (Å²) in [5, 5.41) is 9.05. The van der Waals surface area contributed by atoms with Crippen LogP contribution in [0.1, 0.15) is 0 Å². The lowest BCUT2D eigenvalue weighted by atomic mass is 10.0. The third kappa shape index (κ3) is 5.86. The first-order valence-electron chi connectivity index (χ1n) is 22.6. The molecule has 0 saturated heterocycles. The molecule has 0 bridgehead atoms. The van der Waals surface area contributed by atoms with E-state index in [1.807, 2.05) is 18.2 Å². The van der Waals surface area contributed by atoms with Gasteiger partial charge >= 0.3 is 0 Å². The monoisotopic (exact) mass is 855 g/mol. The summed E-state index contributed by atoms with van der Waals surface area (Å²) >= 11 is 0. The maximum absolute atomic E-state index is 6.99. The van der Waals surface area contributed by atoms with Crippen LogP contribution in [0.5, 0.6) is 0 Å². The van der Waals surface area contributed by atoms with E-state index >= 15 is 0 Å². The van der Waals surface area contributed by atoms with Crippen molar-refractivity contribution in [3.63, 3.8) is 0 Å². The number of nitrogens with zero attached hydrogens (tertiary/aromatic N) is 5. The lowest BCUT2D eigenvalue weighted by molar-refractivity contribution is 0.666. The number of benzene rings is 10. The second-order valence-corrected chi connectivity index (χ2v) is 17.2. The Balaban J connectivity index is 1.04. The van der Waals surface area contributed by atoms with Gasteiger partial charge in [-0.1, -0.05) is 158 Å². The van der Waals surface area contributed by atoms with Gasteiger partial charge in [0.1, 0.15) is 5.58 Å². The first-order valence-corrected chi connectivity index (χ1v) is 22.6. The van der Waals surface area contributed by atoms with Gasteiger partial charge in [-0.3, -0.25) is 0 Å². The van der Waals surface area contributed by atoms with Gasteiger partial charge < -0.3 is 13.6 Å². The van der Waals surface area contributed by atoms with E-state index in [2.05, 4.69) is 215 Å². The van der Waals surface area contributed by atoms with Crippen molar-refractivity contribution in [1.82, 2.24) is 24.1 Å². The fourth-order valence-corrected chi connectivity index (χ4v) is 10.3. The van der Waals surface area contributed by atoms with Gasteiger partial charge in [-0.15, -0.1) is 0 Å². The molecular formula is C61H37N5O. The minimum Gasteiger partial charge on any atom is -0.454 e. The van der Waals surface area contributed by atoms with Crippen LogP contribution in [-0.4, -0.2) is 24.1 Å². The molecule has 14 aromatic rings. The molecule has 6 nitrogen and oxygen atoms in total. The molecule has 0 N–H and O–H groups in total. The zero-order valence-corrected chi connectivity index (χ0v) is 36.0. The van der Waals surface area contributed by atoms with Crippen molar-refractivity contribution in [2.24, 2.45) is 0 Å². The van der Waals surface area contributed by atoms with E-state index in [1.165, 1.54) is 26.9 Å². The van der Waals surface area contributed by atoms with Crippen molar-refractivity contribution < 1.29 is 4.42 Å². The fraction of sp³-hybridized carbons (Fsp3) is 0. The van der Waals surface area contributed by atoms with Crippen molar-refractivity contribution in [3.8, 4) is 56.7 Å². The predicted octanol–water partition coefficient (Wildman–Crippen LogP) is 15.8. The third-order valence-corrected chi connectivity index (χ3v) is 13.3. The van der Waals surface area contributed by atoms with E-state index in [0.29, 0.717) is 17.5 Å². The summed E-state index contributed by atoms with van der Waals surface area (Å²) in [6.45, 7) is 0. The molecule has 0 unspecified atom stereocenters. The van der Waals surface area contributed by atoms with E-state index in [0.717, 1.165) is 88.6 Å². The molecule has 10 aromatic carbocycles. The van der Waals surface area contributed by atoms with Crippen LogP contribution in [0.15, 0.2) is 229 Å². The number of hydrogen-bond donors (Lipinski definition) is 0. The molecule has 0 saturated carbocycles. The fourth-order valence-electron chi connectivity index (χ4n) is 10.3. The summed E-state index contributed by atoms with van der Waals surface area (Å²) in [4.78, 5) is 16.1. The molecule has 6 heteroatoms. The smallest absolute Gasteiger partial charge is 0.164 e. The third-order valence-electron chi connectivity index (χ3n) is 13.3. The zero-order chi connectivity index (χ0) is 44.0. The van der Waals surface area contributed by atoms with Gasteiger partial charge in [0, 0.05) is 54.7 Å². The van der Waals surface area contributed by atoms with Gasteiger partial charge in [0.15, 0.2) is 23.1 Å². The summed E-state index contributed by atoms with van der Waals surface area (Å²) in [5.41, 5.74) is 12.9. The van der Waals surface area contributed by atoms with Crippen molar-refractivity contribution in [2.45, 2.75) is 0 Å². The predicted molar refractivity (Wildman–Crippen MR) is 275 cm³/mol. The minimum atomic E-state index is 0.560. The molecule has 0 aliphatic carbocycles. The second kappa shape index (κ2) is 14.7. The van der Waals surface area contributed by atoms with Gasteiger partial charge in [0.05, 0.1) is 27.8 Å². The Morgan fingerprint density at radius 3 is 1.69 bits per heavy atom. The Bertz CT molecular complexity index is 4280. The van der Waals surface area contributed by atoms with Gasteiger partial charge in [-0.05, 0) is 88.6 Å². The van der Waals surface area contributed by atoms with Gasteiger partial charge in [0.25, 0.3) is 0 Å². The van der Waals surface area contributed by atoms with Crippen molar-refractivity contribution >= 4 is 76.3 Å². The van der Waals surface area contributed by atoms with E-state index in [1.54, 1.807) is 0 Å². The highest BCUT2D eigenvalue weighted by atomic mass is 16.3. The molecule has 0 amide bonds. The van der Waals surface area contributed by atoms with Crippen LogP contribution in [0.3, 0.4) is 0 Å². The molecule has 4 aromatic heterocycles. The number of rotatable bonds is 6. The van der Waals surface area contributed by atoms with Crippen LogP contribution < -0.4 is 0 Å².